The van der Waals surface area contributed by atoms with Crippen molar-refractivity contribution >= 4 is 47.1 Å². The molecule has 0 aromatic carbocycles. The lowest BCUT2D eigenvalue weighted by Gasteiger charge is -2.24. The predicted octanol–water partition coefficient (Wildman–Crippen LogP) is 3.65. The first kappa shape index (κ1) is 35.6. The second-order valence-corrected chi connectivity index (χ2v) is 15.8. The van der Waals surface area contributed by atoms with Crippen LogP contribution in [0, 0.1) is 29.1 Å². The Morgan fingerprint density at radius 1 is 1.07 bits per heavy atom. The summed E-state index contributed by atoms with van der Waals surface area (Å²) in [5, 5.41) is 36.0. The van der Waals surface area contributed by atoms with Crippen molar-refractivity contribution in [3.8, 4) is 6.07 Å². The van der Waals surface area contributed by atoms with Crippen LogP contribution in [0.1, 0.15) is 52.9 Å². The molecule has 16 heteroatoms. The van der Waals surface area contributed by atoms with Gasteiger partial charge >= 0.3 is 7.82 Å². The number of carbonyl (C=O) groups excluding carboxylic acids is 2. The van der Waals surface area contributed by atoms with Gasteiger partial charge in [0.25, 0.3) is 0 Å². The van der Waals surface area contributed by atoms with E-state index in [1.807, 2.05) is 6.07 Å². The average molecular weight is 659 g/mol. The molecule has 13 nitrogen and oxygen atoms in total. The van der Waals surface area contributed by atoms with Crippen LogP contribution in [-0.4, -0.2) is 84.7 Å². The van der Waals surface area contributed by atoms with Crippen LogP contribution < -0.4 is 0 Å². The molecular weight excluding hydrogens is 619 g/mol. The highest BCUT2D eigenvalue weighted by Crippen LogP contribution is 2.51. The molecule has 0 saturated carbocycles. The first-order valence-corrected chi connectivity index (χ1v) is 17.0. The van der Waals surface area contributed by atoms with E-state index in [4.69, 9.17) is 18.3 Å². The second-order valence-electron chi connectivity index (χ2n) is 12.0. The number of nitriles is 1. The number of aromatic nitrogens is 3. The monoisotopic (exact) mass is 658 g/mol. The molecule has 2 aromatic heterocycles. The van der Waals surface area contributed by atoms with E-state index in [1.54, 1.807) is 60.6 Å². The third-order valence-corrected chi connectivity index (χ3v) is 10.4. The molecule has 0 radical (unpaired) electrons. The number of aliphatic hydroxyl groups is 2. The quantitative estimate of drug-likeness (QED) is 0.249. The van der Waals surface area contributed by atoms with Crippen LogP contribution in [-0.2, 0) is 38.1 Å². The van der Waals surface area contributed by atoms with Gasteiger partial charge in [-0.1, -0.05) is 65.1 Å². The van der Waals surface area contributed by atoms with Gasteiger partial charge in [0, 0.05) is 22.3 Å². The van der Waals surface area contributed by atoms with E-state index in [-0.39, 0.29) is 40.6 Å². The molecule has 4 atom stereocenters. The van der Waals surface area contributed by atoms with E-state index >= 15 is 0 Å². The van der Waals surface area contributed by atoms with Crippen molar-refractivity contribution in [1.82, 2.24) is 14.6 Å². The molecule has 1 aliphatic rings. The Bertz CT molecular complexity index is 1360. The summed E-state index contributed by atoms with van der Waals surface area (Å²) in [5.41, 5.74) is -1.80. The number of hydrogen-bond donors (Lipinski definition) is 2. The maximum atomic E-state index is 13.6. The number of aryl methyl sites for hydroxylation is 1. The lowest BCUT2D eigenvalue weighted by molar-refractivity contribution is -0.118. The molecule has 238 valence electrons. The number of aliphatic hydroxyl groups excluding tert-OH is 2. The van der Waals surface area contributed by atoms with E-state index < -0.39 is 49.2 Å². The summed E-state index contributed by atoms with van der Waals surface area (Å²) in [7, 11) is -4.31. The molecule has 0 amide bonds. The van der Waals surface area contributed by atoms with Crippen molar-refractivity contribution in [2.75, 3.05) is 31.3 Å². The van der Waals surface area contributed by atoms with Gasteiger partial charge in [0.15, 0.2) is 10.2 Å². The standard InChI is InChI=1S/C27H39N4O9PS2/c1-17-18-8-9-20(31(18)30-16-29-17)27(15-28)22(33)21(32)19(40-27)14-39-41(36,37-10-12-42-23(34)25(2,3)4)38-11-13-43-24(35)26(5,6)7/h8-9,16,19,21-22,32-33H,10-14H2,1-7H3/t19-,21-,22-,27+/m1/s1. The lowest BCUT2D eigenvalue weighted by Crippen LogP contribution is -2.41. The number of ether oxygens (including phenoxy) is 1. The van der Waals surface area contributed by atoms with Gasteiger partial charge in [-0.15, -0.1) is 0 Å². The first-order chi connectivity index (χ1) is 19.9. The molecule has 0 spiro atoms. The van der Waals surface area contributed by atoms with Crippen LogP contribution in [0.3, 0.4) is 0 Å². The van der Waals surface area contributed by atoms with Gasteiger partial charge in [-0.2, -0.15) is 10.4 Å². The minimum atomic E-state index is -4.31. The molecular formula is C27H39N4O9PS2. The van der Waals surface area contributed by atoms with Gasteiger partial charge in [-0.05, 0) is 19.1 Å². The van der Waals surface area contributed by atoms with Crippen LogP contribution in [0.15, 0.2) is 18.5 Å². The fourth-order valence-electron chi connectivity index (χ4n) is 3.93. The van der Waals surface area contributed by atoms with Gasteiger partial charge in [0.1, 0.15) is 30.7 Å². The number of phosphoric acid groups is 1. The summed E-state index contributed by atoms with van der Waals surface area (Å²) in [6.45, 7) is 11.6. The molecule has 1 fully saturated rings. The highest BCUT2D eigenvalue weighted by Gasteiger charge is 2.58. The SMILES string of the molecule is Cc1ncnn2c([C@]3(C#N)O[C@H](COP(=O)(OCCSC(=O)C(C)(C)C)OCCSC(=O)C(C)(C)C)[C@@H](O)[C@H]3O)ccc12. The normalized spacial score (nSPS) is 23.0. The number of thioether (sulfide) groups is 2. The molecule has 2 N–H and O–H groups in total. The smallest absolute Gasteiger partial charge is 0.387 e. The number of carbonyl (C=O) groups is 2. The zero-order valence-corrected chi connectivity index (χ0v) is 27.8. The van der Waals surface area contributed by atoms with E-state index in [0.29, 0.717) is 11.2 Å². The van der Waals surface area contributed by atoms with Crippen LogP contribution in [0.2, 0.25) is 0 Å². The molecule has 1 saturated heterocycles. The Hall–Kier alpha value is -1.86. The van der Waals surface area contributed by atoms with Crippen LogP contribution in [0.25, 0.3) is 5.52 Å². The van der Waals surface area contributed by atoms with Crippen molar-refractivity contribution in [2.24, 2.45) is 10.8 Å². The molecule has 43 heavy (non-hydrogen) atoms. The zero-order chi connectivity index (χ0) is 32.2. The minimum absolute atomic E-state index is 0.0764. The maximum absolute atomic E-state index is 13.6. The van der Waals surface area contributed by atoms with Gasteiger partial charge in [0.2, 0.25) is 5.60 Å². The maximum Gasteiger partial charge on any atom is 0.474 e. The van der Waals surface area contributed by atoms with Crippen molar-refractivity contribution in [3.63, 3.8) is 0 Å². The minimum Gasteiger partial charge on any atom is -0.387 e. The third kappa shape index (κ3) is 8.45. The van der Waals surface area contributed by atoms with Gasteiger partial charge in [-0.3, -0.25) is 23.2 Å². The molecule has 0 aliphatic carbocycles. The highest BCUT2D eigenvalue weighted by molar-refractivity contribution is 8.14. The summed E-state index contributed by atoms with van der Waals surface area (Å²) in [4.78, 5) is 28.6. The molecule has 1 aliphatic heterocycles. The Labute approximate surface area is 259 Å². The predicted molar refractivity (Wildman–Crippen MR) is 161 cm³/mol. The van der Waals surface area contributed by atoms with E-state index in [0.717, 1.165) is 23.5 Å². The molecule has 0 bridgehead atoms. The van der Waals surface area contributed by atoms with Gasteiger partial charge in [0.05, 0.1) is 36.7 Å². The van der Waals surface area contributed by atoms with Crippen molar-refractivity contribution in [2.45, 2.75) is 72.4 Å². The van der Waals surface area contributed by atoms with Gasteiger partial charge < -0.3 is 14.9 Å². The van der Waals surface area contributed by atoms with Crippen molar-refractivity contribution < 1.29 is 42.7 Å². The van der Waals surface area contributed by atoms with Crippen LogP contribution in [0.4, 0.5) is 0 Å². The Balaban J connectivity index is 1.72. The topological polar surface area (TPSA) is 183 Å². The summed E-state index contributed by atoms with van der Waals surface area (Å²) in [6, 6.07) is 5.17. The Morgan fingerprint density at radius 3 is 2.14 bits per heavy atom. The third-order valence-electron chi connectivity index (χ3n) is 6.40. The summed E-state index contributed by atoms with van der Waals surface area (Å²) in [5.74, 6) is 0.344. The summed E-state index contributed by atoms with van der Waals surface area (Å²) in [6.07, 6.45) is -3.33. The van der Waals surface area contributed by atoms with Crippen LogP contribution >= 0.6 is 31.3 Å². The lowest BCUT2D eigenvalue weighted by atomic mass is 9.92. The van der Waals surface area contributed by atoms with E-state index in [1.165, 1.54) is 10.8 Å². The Morgan fingerprint density at radius 2 is 1.63 bits per heavy atom. The fourth-order valence-corrected chi connectivity index (χ4v) is 6.93. The van der Waals surface area contributed by atoms with Crippen LogP contribution in [0.5, 0.6) is 0 Å². The average Bonchev–Trinajstić information content (AvgIpc) is 3.47. The fraction of sp³-hybridized carbons (Fsp3) is 0.667. The number of rotatable bonds is 12. The van der Waals surface area contributed by atoms with Gasteiger partial charge in [-0.25, -0.2) is 14.1 Å². The molecule has 2 aromatic rings. The second kappa shape index (κ2) is 14.1. The molecule has 3 rings (SSSR count). The number of fused-ring (bicyclic) bond motifs is 1. The highest BCUT2D eigenvalue weighted by atomic mass is 32.2. The number of phosphoric ester groups is 1. The summed E-state index contributed by atoms with van der Waals surface area (Å²) < 4.78 is 37.3. The molecule has 0 unspecified atom stereocenters. The Kier molecular flexibility index (Phi) is 11.6. The van der Waals surface area contributed by atoms with E-state index in [9.17, 15) is 29.6 Å². The number of nitrogens with zero attached hydrogens (tertiary/aromatic N) is 4. The summed E-state index contributed by atoms with van der Waals surface area (Å²) >= 11 is 2.03. The molecule has 3 heterocycles. The largest absolute Gasteiger partial charge is 0.474 e. The zero-order valence-electron chi connectivity index (χ0n) is 25.3. The van der Waals surface area contributed by atoms with Crippen molar-refractivity contribution in [3.05, 3.63) is 29.8 Å². The number of hydrogen-bond acceptors (Lipinski definition) is 14. The van der Waals surface area contributed by atoms with Crippen molar-refractivity contribution in [1.29, 1.82) is 5.26 Å². The first-order valence-electron chi connectivity index (χ1n) is 13.6. The van der Waals surface area contributed by atoms with E-state index in [2.05, 4.69) is 10.1 Å².